The van der Waals surface area contributed by atoms with Crippen LogP contribution in [0.3, 0.4) is 0 Å². The largest absolute Gasteiger partial charge is 0.489 e. The minimum absolute atomic E-state index is 0.105. The summed E-state index contributed by atoms with van der Waals surface area (Å²) >= 11 is 0. The number of carbonyl (C=O) groups is 1. The molecule has 1 aliphatic heterocycles. The summed E-state index contributed by atoms with van der Waals surface area (Å²) in [6, 6.07) is 25.8. The van der Waals surface area contributed by atoms with Gasteiger partial charge in [0.15, 0.2) is 9.84 Å². The lowest BCUT2D eigenvalue weighted by molar-refractivity contribution is -0.135. The number of sulfone groups is 1. The molecular weight excluding hydrogens is 452 g/mol. The van der Waals surface area contributed by atoms with Gasteiger partial charge in [-0.2, -0.15) is 0 Å². The maximum Gasteiger partial charge on any atom is 0.246 e. The molecule has 0 saturated carbocycles. The molecule has 178 valence electrons. The first-order valence-electron chi connectivity index (χ1n) is 11.2. The molecule has 2 N–H and O–H groups in total. The number of piperidine rings is 1. The van der Waals surface area contributed by atoms with Gasteiger partial charge in [0.1, 0.15) is 17.7 Å². The molecule has 0 aromatic heterocycles. The van der Waals surface area contributed by atoms with E-state index in [9.17, 15) is 13.2 Å². The van der Waals surface area contributed by atoms with E-state index in [1.807, 2.05) is 65.6 Å². The maximum atomic E-state index is 13.7. The third kappa shape index (κ3) is 5.64. The first-order chi connectivity index (χ1) is 16.5. The summed E-state index contributed by atoms with van der Waals surface area (Å²) in [7, 11) is -3.78. The predicted molar refractivity (Wildman–Crippen MR) is 128 cm³/mol. The van der Waals surface area contributed by atoms with Crippen molar-refractivity contribution in [2.75, 3.05) is 6.54 Å². The second-order valence-electron chi connectivity index (χ2n) is 8.40. The minimum Gasteiger partial charge on any atom is -0.489 e. The van der Waals surface area contributed by atoms with Crippen molar-refractivity contribution in [1.29, 1.82) is 0 Å². The van der Waals surface area contributed by atoms with E-state index in [0.29, 0.717) is 31.9 Å². The van der Waals surface area contributed by atoms with Crippen molar-refractivity contribution >= 4 is 15.7 Å². The number of amides is 1. The SMILES string of the molecule is O=C(NO)C1CCN(Cc2ccccc2)C(S(=O)(=O)c2ccc(OCc3ccccc3)cc2)C1. The van der Waals surface area contributed by atoms with Crippen LogP contribution in [-0.4, -0.2) is 36.4 Å². The van der Waals surface area contributed by atoms with Crippen molar-refractivity contribution in [1.82, 2.24) is 10.4 Å². The van der Waals surface area contributed by atoms with Crippen molar-refractivity contribution in [3.05, 3.63) is 96.1 Å². The summed E-state index contributed by atoms with van der Waals surface area (Å²) in [4.78, 5) is 14.2. The quantitative estimate of drug-likeness (QED) is 0.376. The average molecular weight is 481 g/mol. The fourth-order valence-corrected chi connectivity index (χ4v) is 6.14. The van der Waals surface area contributed by atoms with E-state index in [4.69, 9.17) is 9.94 Å². The Bertz CT molecular complexity index is 1180. The van der Waals surface area contributed by atoms with Gasteiger partial charge in [0.05, 0.1) is 4.90 Å². The second-order valence-corrected chi connectivity index (χ2v) is 10.5. The number of ether oxygens (including phenoxy) is 1. The predicted octanol–water partition coefficient (Wildman–Crippen LogP) is 3.78. The summed E-state index contributed by atoms with van der Waals surface area (Å²) < 4.78 is 33.1. The van der Waals surface area contributed by atoms with E-state index in [1.54, 1.807) is 29.7 Å². The van der Waals surface area contributed by atoms with Crippen LogP contribution < -0.4 is 10.2 Å². The molecule has 34 heavy (non-hydrogen) atoms. The Morgan fingerprint density at radius 2 is 1.56 bits per heavy atom. The van der Waals surface area contributed by atoms with E-state index in [1.165, 1.54) is 0 Å². The first kappa shape index (κ1) is 23.9. The lowest BCUT2D eigenvalue weighted by Crippen LogP contribution is -2.49. The van der Waals surface area contributed by atoms with Gasteiger partial charge < -0.3 is 4.74 Å². The van der Waals surface area contributed by atoms with Crippen LogP contribution in [0.1, 0.15) is 24.0 Å². The number of benzene rings is 3. The van der Waals surface area contributed by atoms with Crippen LogP contribution in [0.15, 0.2) is 89.8 Å². The van der Waals surface area contributed by atoms with Crippen molar-refractivity contribution < 1.29 is 23.2 Å². The van der Waals surface area contributed by atoms with Gasteiger partial charge >= 0.3 is 0 Å². The molecule has 0 radical (unpaired) electrons. The Kier molecular flexibility index (Phi) is 7.62. The van der Waals surface area contributed by atoms with E-state index in [0.717, 1.165) is 11.1 Å². The van der Waals surface area contributed by atoms with Crippen molar-refractivity contribution in [2.24, 2.45) is 5.92 Å². The number of nitrogens with one attached hydrogen (secondary N) is 1. The van der Waals surface area contributed by atoms with Gasteiger partial charge in [0, 0.05) is 19.0 Å². The molecule has 4 rings (SSSR count). The van der Waals surface area contributed by atoms with E-state index in [-0.39, 0.29) is 11.3 Å². The molecule has 1 fully saturated rings. The monoisotopic (exact) mass is 480 g/mol. The molecule has 3 aromatic carbocycles. The van der Waals surface area contributed by atoms with Crippen LogP contribution >= 0.6 is 0 Å². The summed E-state index contributed by atoms with van der Waals surface area (Å²) in [5, 5.41) is 8.19. The average Bonchev–Trinajstić information content (AvgIpc) is 2.88. The van der Waals surface area contributed by atoms with Crippen molar-refractivity contribution in [3.63, 3.8) is 0 Å². The first-order valence-corrected chi connectivity index (χ1v) is 12.7. The highest BCUT2D eigenvalue weighted by molar-refractivity contribution is 7.92. The Labute approximate surface area is 199 Å². The summed E-state index contributed by atoms with van der Waals surface area (Å²) in [5.41, 5.74) is 3.69. The third-order valence-electron chi connectivity index (χ3n) is 6.13. The number of hydroxylamine groups is 1. The topological polar surface area (TPSA) is 95.9 Å². The number of nitrogens with zero attached hydrogens (tertiary/aromatic N) is 1. The highest BCUT2D eigenvalue weighted by Gasteiger charge is 2.40. The van der Waals surface area contributed by atoms with E-state index < -0.39 is 27.0 Å². The molecule has 1 saturated heterocycles. The van der Waals surface area contributed by atoms with Gasteiger partial charge in [0.25, 0.3) is 0 Å². The zero-order valence-electron chi connectivity index (χ0n) is 18.7. The maximum absolute atomic E-state index is 13.7. The van der Waals surface area contributed by atoms with Gasteiger partial charge in [-0.25, -0.2) is 13.9 Å². The summed E-state index contributed by atoms with van der Waals surface area (Å²) in [5.74, 6) is -0.556. The smallest absolute Gasteiger partial charge is 0.246 e. The third-order valence-corrected chi connectivity index (χ3v) is 8.26. The van der Waals surface area contributed by atoms with E-state index >= 15 is 0 Å². The zero-order valence-corrected chi connectivity index (χ0v) is 19.5. The van der Waals surface area contributed by atoms with Gasteiger partial charge in [0.2, 0.25) is 5.91 Å². The second kappa shape index (κ2) is 10.8. The molecule has 0 bridgehead atoms. The molecule has 0 aliphatic carbocycles. The van der Waals surface area contributed by atoms with Gasteiger partial charge in [-0.05, 0) is 48.2 Å². The van der Waals surface area contributed by atoms with Gasteiger partial charge in [-0.15, -0.1) is 0 Å². The number of hydrogen-bond donors (Lipinski definition) is 2. The highest BCUT2D eigenvalue weighted by atomic mass is 32.2. The number of rotatable bonds is 8. The van der Waals surface area contributed by atoms with Crippen LogP contribution in [0, 0.1) is 5.92 Å². The minimum atomic E-state index is -3.78. The molecule has 7 nitrogen and oxygen atoms in total. The standard InChI is InChI=1S/C26H28N2O5S/c29-26(27-30)22-15-16-28(18-20-7-3-1-4-8-20)25(17-22)34(31,32)24-13-11-23(12-14-24)33-19-21-9-5-2-6-10-21/h1-14,22,25,30H,15-19H2,(H,27,29). The fourth-order valence-electron chi connectivity index (χ4n) is 4.25. The molecule has 1 amide bonds. The number of hydrogen-bond acceptors (Lipinski definition) is 6. The van der Waals surface area contributed by atoms with Crippen LogP contribution in [0.2, 0.25) is 0 Å². The Hall–Kier alpha value is -3.20. The molecule has 2 unspecified atom stereocenters. The van der Waals surface area contributed by atoms with Crippen molar-refractivity contribution in [3.8, 4) is 5.75 Å². The molecule has 8 heteroatoms. The number of likely N-dealkylation sites (tertiary alicyclic amines) is 1. The Balaban J connectivity index is 1.53. The van der Waals surface area contributed by atoms with E-state index in [2.05, 4.69) is 0 Å². The molecule has 2 atom stereocenters. The molecular formula is C26H28N2O5S. The zero-order chi connectivity index (χ0) is 24.0. The molecule has 3 aromatic rings. The van der Waals surface area contributed by atoms with Crippen molar-refractivity contribution in [2.45, 2.75) is 36.3 Å². The summed E-state index contributed by atoms with van der Waals surface area (Å²) in [6.45, 7) is 1.27. The highest BCUT2D eigenvalue weighted by Crippen LogP contribution is 2.32. The summed E-state index contributed by atoms with van der Waals surface area (Å²) in [6.07, 6.45) is 0.575. The van der Waals surface area contributed by atoms with Gasteiger partial charge in [-0.1, -0.05) is 60.7 Å². The molecule has 1 aliphatic rings. The Morgan fingerprint density at radius 3 is 2.18 bits per heavy atom. The number of carbonyl (C=O) groups excluding carboxylic acids is 1. The lowest BCUT2D eigenvalue weighted by Gasteiger charge is -2.38. The molecule has 1 heterocycles. The van der Waals surface area contributed by atoms with Gasteiger partial charge in [-0.3, -0.25) is 14.9 Å². The van der Waals surface area contributed by atoms with Crippen LogP contribution in [0.25, 0.3) is 0 Å². The molecule has 0 spiro atoms. The fraction of sp³-hybridized carbons (Fsp3) is 0.269. The lowest BCUT2D eigenvalue weighted by atomic mass is 9.95. The van der Waals surface area contributed by atoms with Crippen LogP contribution in [0.4, 0.5) is 0 Å². The normalized spacial score (nSPS) is 18.9. The Morgan fingerprint density at radius 1 is 0.941 bits per heavy atom. The van der Waals surface area contributed by atoms with Crippen LogP contribution in [-0.2, 0) is 27.8 Å². The van der Waals surface area contributed by atoms with Crippen LogP contribution in [0.5, 0.6) is 5.75 Å².